The van der Waals surface area contributed by atoms with E-state index in [1.807, 2.05) is 57.2 Å². The van der Waals surface area contributed by atoms with Crippen molar-refractivity contribution in [1.29, 1.82) is 0 Å². The topological polar surface area (TPSA) is 35.2 Å². The maximum atomic E-state index is 9.07. The average molecular weight is 785 g/mol. The molecule has 0 aliphatic carbocycles. The molecule has 292 valence electrons. The minimum absolute atomic E-state index is 0.160. The van der Waals surface area contributed by atoms with Gasteiger partial charge in [0.1, 0.15) is 24.0 Å². The van der Waals surface area contributed by atoms with Gasteiger partial charge in [-0.15, -0.1) is 0 Å². The lowest BCUT2D eigenvalue weighted by Crippen LogP contribution is -2.14. The van der Waals surface area contributed by atoms with Gasteiger partial charge in [0.25, 0.3) is 0 Å². The molecule has 0 N–H and O–H groups in total. The van der Waals surface area contributed by atoms with Crippen LogP contribution in [-0.2, 0) is 13.0 Å². The minimum atomic E-state index is -1.73. The lowest BCUT2D eigenvalue weighted by molar-refractivity contribution is 0.411. The van der Waals surface area contributed by atoms with Crippen molar-refractivity contribution >= 4 is 76.5 Å². The van der Waals surface area contributed by atoms with Crippen LogP contribution < -0.4 is 9.64 Å². The van der Waals surface area contributed by atoms with Crippen molar-refractivity contribution in [3.8, 4) is 17.3 Å². The Balaban J connectivity index is 1.07. The van der Waals surface area contributed by atoms with Gasteiger partial charge in [-0.05, 0) is 107 Å². The number of rotatable bonds is 5. The standard InChI is InChI=1S/C55H46N4O/c1-35-23-25-43-41-16-6-7-17-42(41)46-20-12-22-50-54(46)58(53-36(2)13-10-19-47(53)48(43)29-35)34-57(50)38-14-11-15-39(31-38)60-40-24-26-45-44-18-8-9-21-49(44)59(51(45)32-40)52-30-37(27-28-56-52)33-55(3,4)5/h6-32H,33-34H2,1-5H3/i8D,9D,18D,21D,33D2. The molecule has 1 aliphatic rings. The van der Waals surface area contributed by atoms with Crippen molar-refractivity contribution in [2.24, 2.45) is 5.41 Å². The molecule has 10 aromatic rings. The molecule has 4 heterocycles. The van der Waals surface area contributed by atoms with Crippen molar-refractivity contribution in [2.75, 3.05) is 4.90 Å². The first kappa shape index (κ1) is 30.0. The van der Waals surface area contributed by atoms with Crippen molar-refractivity contribution in [1.82, 2.24) is 14.1 Å². The summed E-state index contributed by atoms with van der Waals surface area (Å²) in [4.78, 5) is 7.00. The van der Waals surface area contributed by atoms with Gasteiger partial charge in [-0.2, -0.15) is 0 Å². The molecule has 0 radical (unpaired) electrons. The largest absolute Gasteiger partial charge is 0.457 e. The normalized spacial score (nSPS) is 14.4. The predicted octanol–water partition coefficient (Wildman–Crippen LogP) is 14.8. The molecule has 0 bridgehead atoms. The fourth-order valence-corrected chi connectivity index (χ4v) is 9.15. The predicted molar refractivity (Wildman–Crippen MR) is 252 cm³/mol. The van der Waals surface area contributed by atoms with Gasteiger partial charge >= 0.3 is 0 Å². The molecule has 60 heavy (non-hydrogen) atoms. The first-order valence-electron chi connectivity index (χ1n) is 23.4. The molecular formula is C55H46N4O. The second-order valence-electron chi connectivity index (χ2n) is 16.9. The van der Waals surface area contributed by atoms with Gasteiger partial charge in [-0.1, -0.05) is 123 Å². The number of aryl methyl sites for hydroxylation is 2. The minimum Gasteiger partial charge on any atom is -0.457 e. The van der Waals surface area contributed by atoms with Gasteiger partial charge in [0.2, 0.25) is 0 Å². The third-order valence-electron chi connectivity index (χ3n) is 11.6. The summed E-state index contributed by atoms with van der Waals surface area (Å²) in [6.45, 7) is 10.4. The van der Waals surface area contributed by atoms with Crippen LogP contribution in [-0.4, -0.2) is 14.1 Å². The van der Waals surface area contributed by atoms with Gasteiger partial charge in [0.15, 0.2) is 0 Å². The van der Waals surface area contributed by atoms with Gasteiger partial charge in [-0.25, -0.2) is 4.98 Å². The van der Waals surface area contributed by atoms with E-state index in [-0.39, 0.29) is 29.7 Å². The molecule has 0 fully saturated rings. The fourth-order valence-electron chi connectivity index (χ4n) is 9.15. The third-order valence-corrected chi connectivity index (χ3v) is 11.6. The Labute approximate surface area is 358 Å². The molecular weight excluding hydrogens is 733 g/mol. The van der Waals surface area contributed by atoms with Crippen LogP contribution in [0.2, 0.25) is 0 Å². The quantitative estimate of drug-likeness (QED) is 0.174. The molecule has 0 saturated heterocycles. The van der Waals surface area contributed by atoms with Gasteiger partial charge in [0, 0.05) is 48.3 Å². The second kappa shape index (κ2) is 13.7. The molecule has 0 spiro atoms. The van der Waals surface area contributed by atoms with E-state index in [0.717, 1.165) is 22.3 Å². The molecule has 0 atom stereocenters. The summed E-state index contributed by atoms with van der Waals surface area (Å²) < 4.78 is 64.2. The van der Waals surface area contributed by atoms with Crippen molar-refractivity contribution in [2.45, 2.75) is 47.7 Å². The molecule has 0 unspecified atom stereocenters. The summed E-state index contributed by atoms with van der Waals surface area (Å²) >= 11 is 0. The molecule has 0 saturated carbocycles. The first-order chi connectivity index (χ1) is 31.6. The van der Waals surface area contributed by atoms with E-state index in [0.29, 0.717) is 45.8 Å². The van der Waals surface area contributed by atoms with E-state index in [4.69, 9.17) is 13.0 Å². The highest BCUT2D eigenvalue weighted by Crippen LogP contribution is 2.44. The fraction of sp³-hybridized carbons (Fsp3) is 0.145. The second-order valence-corrected chi connectivity index (χ2v) is 16.9. The van der Waals surface area contributed by atoms with E-state index in [2.05, 4.69) is 113 Å². The smallest absolute Gasteiger partial charge is 0.137 e. The number of fused-ring (bicyclic) bond motifs is 10. The average Bonchev–Trinajstić information content (AvgIpc) is 3.87. The van der Waals surface area contributed by atoms with Crippen LogP contribution in [0.5, 0.6) is 11.5 Å². The Morgan fingerprint density at radius 1 is 0.633 bits per heavy atom. The zero-order valence-electron chi connectivity index (χ0n) is 40.2. The summed E-state index contributed by atoms with van der Waals surface area (Å²) in [5.41, 5.74) is 7.19. The number of nitrogens with zero attached hydrogens (tertiary/aromatic N) is 4. The number of para-hydroxylation sites is 3. The highest BCUT2D eigenvalue weighted by atomic mass is 16.5. The van der Waals surface area contributed by atoms with Crippen LogP contribution in [0.1, 0.15) is 45.7 Å². The van der Waals surface area contributed by atoms with Crippen molar-refractivity contribution in [3.63, 3.8) is 0 Å². The third kappa shape index (κ3) is 5.95. The highest BCUT2D eigenvalue weighted by Gasteiger charge is 2.25. The van der Waals surface area contributed by atoms with Crippen LogP contribution in [0.3, 0.4) is 0 Å². The maximum Gasteiger partial charge on any atom is 0.137 e. The van der Waals surface area contributed by atoms with E-state index in [1.54, 1.807) is 22.9 Å². The first-order valence-corrected chi connectivity index (χ1v) is 20.4. The van der Waals surface area contributed by atoms with Gasteiger partial charge in [-0.3, -0.25) is 4.57 Å². The summed E-state index contributed by atoms with van der Waals surface area (Å²) in [6.07, 6.45) is -0.183. The van der Waals surface area contributed by atoms with E-state index in [1.165, 1.54) is 43.6 Å². The molecule has 7 aromatic carbocycles. The lowest BCUT2D eigenvalue weighted by atomic mass is 9.88. The zero-order chi connectivity index (χ0) is 46.0. The Bertz CT molecular complexity index is 3770. The zero-order valence-corrected chi connectivity index (χ0v) is 34.2. The SMILES string of the molecule is [2H]c1c([2H])c([2H])c2c(c1[2H])c1ccc(Oc3cccc(N4Cn5c6c(C)cccc6c6cc(C)ccc6c6ccccc6c6cccc4c65)c3)cc1n2-c1cc(C([2H])([2H])C(C)(C)C)ccn1. The lowest BCUT2D eigenvalue weighted by Gasteiger charge is -2.21. The molecule has 3 aromatic heterocycles. The Kier molecular flexibility index (Phi) is 6.87. The van der Waals surface area contributed by atoms with Crippen molar-refractivity contribution < 1.29 is 13.0 Å². The van der Waals surface area contributed by atoms with E-state index >= 15 is 0 Å². The summed E-state index contributed by atoms with van der Waals surface area (Å²) in [5.74, 6) is 1.42. The molecule has 5 heteroatoms. The van der Waals surface area contributed by atoms with Crippen LogP contribution in [0.25, 0.3) is 71.0 Å². The molecule has 5 nitrogen and oxygen atoms in total. The number of ether oxygens (including phenoxy) is 1. The number of aromatic nitrogens is 3. The summed E-state index contributed by atoms with van der Waals surface area (Å²) in [6, 6.07) is 44.4. The number of hydrogen-bond acceptors (Lipinski definition) is 3. The highest BCUT2D eigenvalue weighted by molar-refractivity contribution is 6.21. The van der Waals surface area contributed by atoms with Crippen molar-refractivity contribution in [3.05, 3.63) is 181 Å². The Hall–Kier alpha value is -7.11. The van der Waals surface area contributed by atoms with E-state index in [9.17, 15) is 0 Å². The molecule has 11 rings (SSSR count). The van der Waals surface area contributed by atoms with Crippen LogP contribution in [0, 0.1) is 19.3 Å². The van der Waals surface area contributed by atoms with E-state index < -0.39 is 11.8 Å². The van der Waals surface area contributed by atoms with Crippen LogP contribution in [0.4, 0.5) is 11.4 Å². The van der Waals surface area contributed by atoms with Crippen LogP contribution in [0.15, 0.2) is 164 Å². The van der Waals surface area contributed by atoms with Gasteiger partial charge < -0.3 is 14.2 Å². The Morgan fingerprint density at radius 3 is 2.20 bits per heavy atom. The molecule has 0 amide bonds. The van der Waals surface area contributed by atoms with Crippen LogP contribution >= 0.6 is 0 Å². The summed E-state index contributed by atoms with van der Waals surface area (Å²) in [5, 5.41) is 8.05. The maximum absolute atomic E-state index is 9.07. The number of hydrogen-bond donors (Lipinski definition) is 0. The number of anilines is 2. The van der Waals surface area contributed by atoms with Gasteiger partial charge in [0.05, 0.1) is 33.2 Å². The Morgan fingerprint density at radius 2 is 1.35 bits per heavy atom. The monoisotopic (exact) mass is 784 g/mol. The summed E-state index contributed by atoms with van der Waals surface area (Å²) in [7, 11) is 0. The number of pyridine rings is 1. The molecule has 1 aliphatic heterocycles. The number of benzene rings is 7.